The second kappa shape index (κ2) is 7.33. The molecule has 2 aromatic rings. The maximum atomic E-state index is 13.3. The van der Waals surface area contributed by atoms with E-state index >= 15 is 0 Å². The molecule has 0 aromatic heterocycles. The number of hydrogen-bond acceptors (Lipinski definition) is 4. The third-order valence-electron chi connectivity index (χ3n) is 4.80. The quantitative estimate of drug-likeness (QED) is 0.894. The van der Waals surface area contributed by atoms with Crippen LogP contribution in [0.15, 0.2) is 42.5 Å². The van der Waals surface area contributed by atoms with Crippen LogP contribution in [0.3, 0.4) is 0 Å². The van der Waals surface area contributed by atoms with Crippen LogP contribution in [0.25, 0.3) is 0 Å². The van der Waals surface area contributed by atoms with Crippen LogP contribution in [0.1, 0.15) is 24.8 Å². The number of carbonyl (C=O) groups excluding carboxylic acids is 1. The average Bonchev–Trinajstić information content (AvgIpc) is 3.31. The van der Waals surface area contributed by atoms with Crippen LogP contribution >= 0.6 is 0 Å². The van der Waals surface area contributed by atoms with E-state index in [1.165, 1.54) is 12.1 Å². The molecule has 6 heteroatoms. The lowest BCUT2D eigenvalue weighted by Gasteiger charge is -2.25. The second-order valence-corrected chi connectivity index (χ2v) is 6.64. The number of rotatable bonds is 5. The van der Waals surface area contributed by atoms with E-state index in [2.05, 4.69) is 5.32 Å². The zero-order chi connectivity index (χ0) is 17.9. The molecule has 1 fully saturated rings. The van der Waals surface area contributed by atoms with Crippen molar-refractivity contribution in [1.82, 2.24) is 5.32 Å². The van der Waals surface area contributed by atoms with Crippen molar-refractivity contribution in [2.24, 2.45) is 0 Å². The molecular weight excluding hydrogens is 335 g/mol. The van der Waals surface area contributed by atoms with Crippen molar-refractivity contribution in [3.05, 3.63) is 53.8 Å². The summed E-state index contributed by atoms with van der Waals surface area (Å²) in [6.45, 7) is 1.57. The lowest BCUT2D eigenvalue weighted by atomic mass is 10.1. The van der Waals surface area contributed by atoms with Gasteiger partial charge in [-0.05, 0) is 61.3 Å². The Bertz CT molecular complexity index is 788. The second-order valence-electron chi connectivity index (χ2n) is 6.64. The fourth-order valence-corrected chi connectivity index (χ4v) is 3.42. The molecule has 0 radical (unpaired) electrons. The first-order valence-electron chi connectivity index (χ1n) is 8.87. The smallest absolute Gasteiger partial charge is 0.231 e. The molecule has 2 aromatic carbocycles. The summed E-state index contributed by atoms with van der Waals surface area (Å²) < 4.78 is 24.1. The highest BCUT2D eigenvalue weighted by molar-refractivity contribution is 5.93. The molecule has 2 aliphatic rings. The predicted molar refractivity (Wildman–Crippen MR) is 95.8 cm³/mol. The van der Waals surface area contributed by atoms with Gasteiger partial charge in [0.05, 0.1) is 6.54 Å². The van der Waals surface area contributed by atoms with Crippen LogP contribution in [-0.4, -0.2) is 25.3 Å². The zero-order valence-electron chi connectivity index (χ0n) is 14.4. The number of carbonyl (C=O) groups is 1. The maximum absolute atomic E-state index is 13.3. The molecule has 4 rings (SSSR count). The Morgan fingerprint density at radius 2 is 1.96 bits per heavy atom. The van der Waals surface area contributed by atoms with Gasteiger partial charge in [-0.25, -0.2) is 4.39 Å². The van der Waals surface area contributed by atoms with Crippen molar-refractivity contribution in [3.8, 4) is 11.5 Å². The highest BCUT2D eigenvalue weighted by Gasteiger charge is 2.24. The molecule has 136 valence electrons. The van der Waals surface area contributed by atoms with Crippen LogP contribution in [0.2, 0.25) is 0 Å². The number of nitrogens with one attached hydrogen (secondary N) is 1. The van der Waals surface area contributed by atoms with Gasteiger partial charge in [0.1, 0.15) is 5.82 Å². The van der Waals surface area contributed by atoms with E-state index in [9.17, 15) is 9.18 Å². The van der Waals surface area contributed by atoms with Gasteiger partial charge in [-0.2, -0.15) is 0 Å². The lowest BCUT2D eigenvalue weighted by molar-refractivity contribution is -0.119. The fraction of sp³-hybridized carbons (Fsp3) is 0.350. The third kappa shape index (κ3) is 3.65. The molecule has 1 unspecified atom stereocenters. The van der Waals surface area contributed by atoms with Crippen molar-refractivity contribution in [2.75, 3.05) is 18.2 Å². The van der Waals surface area contributed by atoms with E-state index in [0.717, 1.165) is 24.9 Å². The van der Waals surface area contributed by atoms with Crippen molar-refractivity contribution in [3.63, 3.8) is 0 Å². The van der Waals surface area contributed by atoms with Gasteiger partial charge in [0.2, 0.25) is 12.7 Å². The predicted octanol–water partition coefficient (Wildman–Crippen LogP) is 3.23. The number of anilines is 1. The Balaban J connectivity index is 1.57. The van der Waals surface area contributed by atoms with E-state index < -0.39 is 0 Å². The van der Waals surface area contributed by atoms with Crippen molar-refractivity contribution in [1.29, 1.82) is 0 Å². The molecule has 0 saturated carbocycles. The molecule has 0 bridgehead atoms. The van der Waals surface area contributed by atoms with Crippen molar-refractivity contribution >= 4 is 11.6 Å². The van der Waals surface area contributed by atoms with Crippen LogP contribution < -0.4 is 19.7 Å². The Morgan fingerprint density at radius 3 is 2.73 bits per heavy atom. The zero-order valence-corrected chi connectivity index (χ0v) is 14.4. The Kier molecular flexibility index (Phi) is 4.75. The first-order valence-corrected chi connectivity index (χ1v) is 8.87. The molecule has 1 atom stereocenters. The molecule has 1 amide bonds. The summed E-state index contributed by atoms with van der Waals surface area (Å²) in [7, 11) is 0. The number of ether oxygens (including phenoxy) is 2. The van der Waals surface area contributed by atoms with E-state index in [1.54, 1.807) is 17.0 Å². The molecule has 2 heterocycles. The number of amides is 1. The SMILES string of the molecule is O=C(CC1CCCN1)N(Cc1ccc2c(c1)OCO2)c1ccc(F)cc1. The number of fused-ring (bicyclic) bond motifs is 1. The Hall–Kier alpha value is -2.60. The van der Waals surface area contributed by atoms with Gasteiger partial charge in [0.15, 0.2) is 11.5 Å². The third-order valence-corrected chi connectivity index (χ3v) is 4.80. The molecule has 5 nitrogen and oxygen atoms in total. The molecule has 1 saturated heterocycles. The van der Waals surface area contributed by atoms with Crippen LogP contribution in [-0.2, 0) is 11.3 Å². The molecule has 0 aliphatic carbocycles. The largest absolute Gasteiger partial charge is 0.454 e. The Morgan fingerprint density at radius 1 is 1.15 bits per heavy atom. The van der Waals surface area contributed by atoms with Gasteiger partial charge in [-0.3, -0.25) is 4.79 Å². The van der Waals surface area contributed by atoms with Gasteiger partial charge in [-0.15, -0.1) is 0 Å². The summed E-state index contributed by atoms with van der Waals surface area (Å²) in [6.07, 6.45) is 2.53. The summed E-state index contributed by atoms with van der Waals surface area (Å²) in [6, 6.07) is 11.9. The van der Waals surface area contributed by atoms with Crippen molar-refractivity contribution < 1.29 is 18.7 Å². The first-order chi connectivity index (χ1) is 12.7. The molecular formula is C20H21FN2O3. The van der Waals surface area contributed by atoms with E-state index in [1.807, 2.05) is 18.2 Å². The lowest BCUT2D eigenvalue weighted by Crippen LogP contribution is -2.35. The highest BCUT2D eigenvalue weighted by atomic mass is 19.1. The minimum Gasteiger partial charge on any atom is -0.454 e. The molecule has 26 heavy (non-hydrogen) atoms. The van der Waals surface area contributed by atoms with Gasteiger partial charge < -0.3 is 19.7 Å². The molecule has 0 spiro atoms. The number of nitrogens with zero attached hydrogens (tertiary/aromatic N) is 1. The number of halogens is 1. The average molecular weight is 356 g/mol. The highest BCUT2D eigenvalue weighted by Crippen LogP contribution is 2.33. The van der Waals surface area contributed by atoms with Crippen molar-refractivity contribution in [2.45, 2.75) is 31.8 Å². The minimum absolute atomic E-state index is 0.0219. The monoisotopic (exact) mass is 356 g/mol. The van der Waals surface area contributed by atoms with Crippen LogP contribution in [0, 0.1) is 5.82 Å². The van der Waals surface area contributed by atoms with E-state index in [4.69, 9.17) is 9.47 Å². The number of hydrogen-bond donors (Lipinski definition) is 1. The summed E-state index contributed by atoms with van der Waals surface area (Å²) in [5, 5.41) is 3.36. The standard InChI is InChI=1S/C20H21FN2O3/c21-15-4-6-17(7-5-15)23(20(24)11-16-2-1-9-22-16)12-14-3-8-18-19(10-14)26-13-25-18/h3-8,10,16,22H,1-2,9,11-13H2. The van der Waals surface area contributed by atoms with E-state index in [0.29, 0.717) is 30.2 Å². The van der Waals surface area contributed by atoms with Crippen LogP contribution in [0.5, 0.6) is 11.5 Å². The first kappa shape index (κ1) is 16.8. The maximum Gasteiger partial charge on any atom is 0.231 e. The van der Waals surface area contributed by atoms with E-state index in [-0.39, 0.29) is 24.6 Å². The molecule has 2 aliphatic heterocycles. The van der Waals surface area contributed by atoms with Gasteiger partial charge in [0, 0.05) is 18.2 Å². The van der Waals surface area contributed by atoms with Crippen LogP contribution in [0.4, 0.5) is 10.1 Å². The fourth-order valence-electron chi connectivity index (χ4n) is 3.42. The van der Waals surface area contributed by atoms with Gasteiger partial charge in [-0.1, -0.05) is 6.07 Å². The topological polar surface area (TPSA) is 50.8 Å². The summed E-state index contributed by atoms with van der Waals surface area (Å²) >= 11 is 0. The summed E-state index contributed by atoms with van der Waals surface area (Å²) in [5.74, 6) is 1.10. The molecule has 1 N–H and O–H groups in total. The summed E-state index contributed by atoms with van der Waals surface area (Å²) in [4.78, 5) is 14.7. The normalized spacial score (nSPS) is 18.1. The van der Waals surface area contributed by atoms with Gasteiger partial charge >= 0.3 is 0 Å². The summed E-state index contributed by atoms with van der Waals surface area (Å²) in [5.41, 5.74) is 1.62. The van der Waals surface area contributed by atoms with Gasteiger partial charge in [0.25, 0.3) is 0 Å². The Labute approximate surface area is 151 Å². The minimum atomic E-state index is -0.318. The number of benzene rings is 2.